The van der Waals surface area contributed by atoms with E-state index in [9.17, 15) is 13.9 Å². The standard InChI is InChI=1S/C20H23F2NO2.ClH/c21-19-6-1-16(14-20(19)22)13-15-7-9-23(10-8-15)11-12-25-18-4-2-17(24)3-5-18;/h1-6,14-15,24H,7-13H2;1H. The van der Waals surface area contributed by atoms with Gasteiger partial charge in [-0.15, -0.1) is 12.4 Å². The Morgan fingerprint density at radius 3 is 2.35 bits per heavy atom. The Morgan fingerprint density at radius 1 is 1.00 bits per heavy atom. The number of nitrogens with zero attached hydrogens (tertiary/aromatic N) is 1. The molecule has 6 heteroatoms. The van der Waals surface area contributed by atoms with Gasteiger partial charge < -0.3 is 9.84 Å². The third-order valence-electron chi connectivity index (χ3n) is 4.73. The number of hydrogen-bond donors (Lipinski definition) is 1. The second kappa shape index (κ2) is 9.74. The first-order chi connectivity index (χ1) is 12.1. The molecule has 1 N–H and O–H groups in total. The van der Waals surface area contributed by atoms with E-state index in [1.807, 2.05) is 0 Å². The van der Waals surface area contributed by atoms with E-state index in [0.29, 0.717) is 12.5 Å². The van der Waals surface area contributed by atoms with Gasteiger partial charge in [-0.1, -0.05) is 6.07 Å². The molecule has 0 unspecified atom stereocenters. The third-order valence-corrected chi connectivity index (χ3v) is 4.73. The van der Waals surface area contributed by atoms with Crippen LogP contribution in [0.1, 0.15) is 18.4 Å². The maximum atomic E-state index is 13.3. The number of piperidine rings is 1. The molecule has 0 radical (unpaired) electrons. The number of phenolic OH excluding ortho intramolecular Hbond substituents is 1. The van der Waals surface area contributed by atoms with Gasteiger partial charge in [0.2, 0.25) is 0 Å². The molecule has 0 amide bonds. The summed E-state index contributed by atoms with van der Waals surface area (Å²) in [6.45, 7) is 3.46. The van der Waals surface area contributed by atoms with Crippen LogP contribution in [0.4, 0.5) is 8.78 Å². The van der Waals surface area contributed by atoms with Crippen LogP contribution in [0.3, 0.4) is 0 Å². The Morgan fingerprint density at radius 2 is 1.69 bits per heavy atom. The summed E-state index contributed by atoms with van der Waals surface area (Å²) >= 11 is 0. The van der Waals surface area contributed by atoms with Crippen molar-refractivity contribution in [1.29, 1.82) is 0 Å². The van der Waals surface area contributed by atoms with Gasteiger partial charge in [0.05, 0.1) is 0 Å². The minimum Gasteiger partial charge on any atom is -0.508 e. The lowest BCUT2D eigenvalue weighted by Crippen LogP contribution is -2.37. The van der Waals surface area contributed by atoms with E-state index in [0.717, 1.165) is 50.2 Å². The summed E-state index contributed by atoms with van der Waals surface area (Å²) in [7, 11) is 0. The number of likely N-dealkylation sites (tertiary alicyclic amines) is 1. The largest absolute Gasteiger partial charge is 0.508 e. The fourth-order valence-electron chi connectivity index (χ4n) is 3.25. The maximum absolute atomic E-state index is 13.3. The molecule has 1 fully saturated rings. The van der Waals surface area contributed by atoms with E-state index in [-0.39, 0.29) is 18.2 Å². The van der Waals surface area contributed by atoms with Crippen LogP contribution < -0.4 is 4.74 Å². The van der Waals surface area contributed by atoms with Crippen LogP contribution in [-0.2, 0) is 6.42 Å². The van der Waals surface area contributed by atoms with Crippen molar-refractivity contribution in [3.05, 3.63) is 59.7 Å². The average Bonchev–Trinajstić information content (AvgIpc) is 2.61. The molecule has 0 aromatic heterocycles. The van der Waals surface area contributed by atoms with E-state index >= 15 is 0 Å². The van der Waals surface area contributed by atoms with Crippen LogP contribution in [0.25, 0.3) is 0 Å². The zero-order valence-electron chi connectivity index (χ0n) is 14.5. The van der Waals surface area contributed by atoms with Gasteiger partial charge in [0.1, 0.15) is 18.1 Å². The van der Waals surface area contributed by atoms with Crippen molar-refractivity contribution in [1.82, 2.24) is 4.90 Å². The third kappa shape index (κ3) is 5.85. The smallest absolute Gasteiger partial charge is 0.159 e. The zero-order valence-corrected chi connectivity index (χ0v) is 15.4. The molecule has 1 saturated heterocycles. The Hall–Kier alpha value is -1.85. The van der Waals surface area contributed by atoms with Crippen molar-refractivity contribution in [2.45, 2.75) is 19.3 Å². The first kappa shape index (κ1) is 20.5. The van der Waals surface area contributed by atoms with Gasteiger partial charge in [-0.05, 0) is 80.2 Å². The molecule has 3 rings (SSSR count). The number of halogens is 3. The van der Waals surface area contributed by atoms with Crippen molar-refractivity contribution < 1.29 is 18.6 Å². The molecule has 1 heterocycles. The van der Waals surface area contributed by atoms with Gasteiger partial charge >= 0.3 is 0 Å². The summed E-state index contributed by atoms with van der Waals surface area (Å²) in [4.78, 5) is 2.36. The lowest BCUT2D eigenvalue weighted by molar-refractivity contribution is 0.154. The van der Waals surface area contributed by atoms with E-state index in [4.69, 9.17) is 4.74 Å². The van der Waals surface area contributed by atoms with E-state index in [2.05, 4.69) is 4.90 Å². The molecule has 0 aliphatic carbocycles. The lowest BCUT2D eigenvalue weighted by atomic mass is 9.90. The highest BCUT2D eigenvalue weighted by molar-refractivity contribution is 5.85. The van der Waals surface area contributed by atoms with Crippen molar-refractivity contribution in [3.8, 4) is 11.5 Å². The summed E-state index contributed by atoms with van der Waals surface area (Å²) in [5.41, 5.74) is 0.869. The van der Waals surface area contributed by atoms with Crippen LogP contribution in [-0.4, -0.2) is 36.2 Å². The van der Waals surface area contributed by atoms with Gasteiger partial charge in [-0.25, -0.2) is 8.78 Å². The fourth-order valence-corrected chi connectivity index (χ4v) is 3.25. The monoisotopic (exact) mass is 383 g/mol. The lowest BCUT2D eigenvalue weighted by Gasteiger charge is -2.31. The second-order valence-electron chi connectivity index (χ2n) is 6.58. The van der Waals surface area contributed by atoms with Crippen LogP contribution in [0, 0.1) is 17.6 Å². The molecule has 0 spiro atoms. The molecule has 0 atom stereocenters. The van der Waals surface area contributed by atoms with Crippen LogP contribution in [0.2, 0.25) is 0 Å². The number of aromatic hydroxyl groups is 1. The number of ether oxygens (including phenoxy) is 1. The van der Waals surface area contributed by atoms with Crippen LogP contribution in [0.5, 0.6) is 11.5 Å². The predicted octanol–water partition coefficient (Wildman–Crippen LogP) is 4.43. The SMILES string of the molecule is Cl.Oc1ccc(OCCN2CCC(Cc3ccc(F)c(F)c3)CC2)cc1. The molecule has 26 heavy (non-hydrogen) atoms. The molecule has 1 aliphatic heterocycles. The molecule has 1 aliphatic rings. The molecule has 142 valence electrons. The normalized spacial score (nSPS) is 15.5. The molecule has 2 aromatic rings. The second-order valence-corrected chi connectivity index (χ2v) is 6.58. The van der Waals surface area contributed by atoms with Crippen molar-refractivity contribution in [2.75, 3.05) is 26.2 Å². The average molecular weight is 384 g/mol. The summed E-state index contributed by atoms with van der Waals surface area (Å²) in [5, 5.41) is 9.24. The van der Waals surface area contributed by atoms with Gasteiger partial charge in [-0.2, -0.15) is 0 Å². The highest BCUT2D eigenvalue weighted by Gasteiger charge is 2.19. The summed E-state index contributed by atoms with van der Waals surface area (Å²) in [6.07, 6.45) is 2.91. The Bertz CT molecular complexity index is 689. The van der Waals surface area contributed by atoms with Crippen molar-refractivity contribution >= 4 is 12.4 Å². The van der Waals surface area contributed by atoms with E-state index in [1.165, 1.54) is 12.1 Å². The van der Waals surface area contributed by atoms with Gasteiger partial charge in [0.15, 0.2) is 11.6 Å². The summed E-state index contributed by atoms with van der Waals surface area (Å²) in [6, 6.07) is 10.9. The summed E-state index contributed by atoms with van der Waals surface area (Å²) in [5.74, 6) is -0.0471. The van der Waals surface area contributed by atoms with Crippen LogP contribution >= 0.6 is 12.4 Å². The van der Waals surface area contributed by atoms with Crippen molar-refractivity contribution in [2.24, 2.45) is 5.92 Å². The zero-order chi connectivity index (χ0) is 17.6. The molecule has 2 aromatic carbocycles. The van der Waals surface area contributed by atoms with E-state index in [1.54, 1.807) is 30.3 Å². The van der Waals surface area contributed by atoms with Gasteiger partial charge in [-0.3, -0.25) is 4.90 Å². The fraction of sp³-hybridized carbons (Fsp3) is 0.400. The molecular weight excluding hydrogens is 360 g/mol. The van der Waals surface area contributed by atoms with E-state index < -0.39 is 11.6 Å². The summed E-state index contributed by atoms with van der Waals surface area (Å²) < 4.78 is 31.9. The van der Waals surface area contributed by atoms with Crippen LogP contribution in [0.15, 0.2) is 42.5 Å². The molecule has 0 saturated carbocycles. The number of benzene rings is 2. The topological polar surface area (TPSA) is 32.7 Å². The first-order valence-electron chi connectivity index (χ1n) is 8.68. The number of hydrogen-bond acceptors (Lipinski definition) is 3. The maximum Gasteiger partial charge on any atom is 0.159 e. The minimum atomic E-state index is -0.785. The minimum absolute atomic E-state index is 0. The Labute approximate surface area is 159 Å². The molecule has 0 bridgehead atoms. The highest BCUT2D eigenvalue weighted by Crippen LogP contribution is 2.23. The first-order valence-corrected chi connectivity index (χ1v) is 8.68. The number of phenols is 1. The highest BCUT2D eigenvalue weighted by atomic mass is 35.5. The van der Waals surface area contributed by atoms with Gasteiger partial charge in [0, 0.05) is 6.54 Å². The van der Waals surface area contributed by atoms with Crippen molar-refractivity contribution in [3.63, 3.8) is 0 Å². The van der Waals surface area contributed by atoms with Gasteiger partial charge in [0.25, 0.3) is 0 Å². The Kier molecular flexibility index (Phi) is 7.66. The quantitative estimate of drug-likeness (QED) is 0.801. The molecular formula is C20H24ClF2NO2. The number of rotatable bonds is 6. The Balaban J connectivity index is 0.00000243. The molecule has 3 nitrogen and oxygen atoms in total. The predicted molar refractivity (Wildman–Crippen MR) is 100 cm³/mol.